The SMILES string of the molecule is COc1ccc([N+](=O)[O-])cc1NC(=O)c1cc[nH]c(=O)c1. The van der Waals surface area contributed by atoms with Crippen molar-refractivity contribution in [2.24, 2.45) is 0 Å². The third-order valence-corrected chi connectivity index (χ3v) is 2.68. The van der Waals surface area contributed by atoms with E-state index in [0.717, 1.165) is 6.07 Å². The second-order valence-electron chi connectivity index (χ2n) is 4.04. The van der Waals surface area contributed by atoms with Gasteiger partial charge in [-0.2, -0.15) is 0 Å². The molecule has 0 saturated carbocycles. The van der Waals surface area contributed by atoms with Crippen LogP contribution in [-0.2, 0) is 0 Å². The van der Waals surface area contributed by atoms with Crippen molar-refractivity contribution < 1.29 is 14.5 Å². The minimum Gasteiger partial charge on any atom is -0.495 e. The fourth-order valence-corrected chi connectivity index (χ4v) is 1.69. The molecule has 0 spiro atoms. The van der Waals surface area contributed by atoms with E-state index in [2.05, 4.69) is 10.3 Å². The van der Waals surface area contributed by atoms with E-state index in [1.54, 1.807) is 0 Å². The maximum Gasteiger partial charge on any atom is 0.271 e. The van der Waals surface area contributed by atoms with Crippen molar-refractivity contribution in [3.8, 4) is 5.75 Å². The van der Waals surface area contributed by atoms with Gasteiger partial charge in [-0.15, -0.1) is 0 Å². The molecule has 2 aromatic rings. The van der Waals surface area contributed by atoms with Gasteiger partial charge < -0.3 is 15.0 Å². The van der Waals surface area contributed by atoms with Crippen molar-refractivity contribution >= 4 is 17.3 Å². The van der Waals surface area contributed by atoms with Gasteiger partial charge in [0.15, 0.2) is 0 Å². The number of nitrogens with zero attached hydrogens (tertiary/aromatic N) is 1. The average molecular weight is 289 g/mol. The third-order valence-electron chi connectivity index (χ3n) is 2.68. The number of non-ortho nitro benzene ring substituents is 1. The number of hydrogen-bond donors (Lipinski definition) is 2. The highest BCUT2D eigenvalue weighted by Gasteiger charge is 2.14. The fraction of sp³-hybridized carbons (Fsp3) is 0.0769. The number of aromatic nitrogens is 1. The quantitative estimate of drug-likeness (QED) is 0.654. The lowest BCUT2D eigenvalue weighted by molar-refractivity contribution is -0.384. The van der Waals surface area contributed by atoms with Gasteiger partial charge in [-0.3, -0.25) is 19.7 Å². The molecule has 2 rings (SSSR count). The van der Waals surface area contributed by atoms with Crippen molar-refractivity contribution in [1.29, 1.82) is 0 Å². The number of carbonyl (C=O) groups is 1. The van der Waals surface area contributed by atoms with Gasteiger partial charge in [0.1, 0.15) is 5.75 Å². The van der Waals surface area contributed by atoms with E-state index in [9.17, 15) is 19.7 Å². The van der Waals surface area contributed by atoms with Crippen molar-refractivity contribution in [2.75, 3.05) is 12.4 Å². The van der Waals surface area contributed by atoms with Crippen LogP contribution in [0.15, 0.2) is 41.3 Å². The number of pyridine rings is 1. The van der Waals surface area contributed by atoms with Crippen LogP contribution in [0.25, 0.3) is 0 Å². The first-order valence-corrected chi connectivity index (χ1v) is 5.84. The van der Waals surface area contributed by atoms with Crippen LogP contribution in [0, 0.1) is 10.1 Å². The summed E-state index contributed by atoms with van der Waals surface area (Å²) in [4.78, 5) is 35.8. The Balaban J connectivity index is 2.33. The van der Waals surface area contributed by atoms with Crippen LogP contribution in [0.1, 0.15) is 10.4 Å². The molecule has 0 aliphatic rings. The fourth-order valence-electron chi connectivity index (χ4n) is 1.69. The molecule has 0 atom stereocenters. The summed E-state index contributed by atoms with van der Waals surface area (Å²) < 4.78 is 5.04. The highest BCUT2D eigenvalue weighted by molar-refractivity contribution is 6.05. The van der Waals surface area contributed by atoms with Gasteiger partial charge in [0.2, 0.25) is 5.56 Å². The Hall–Kier alpha value is -3.16. The summed E-state index contributed by atoms with van der Waals surface area (Å²) in [6, 6.07) is 6.37. The van der Waals surface area contributed by atoms with E-state index in [0.29, 0.717) is 0 Å². The van der Waals surface area contributed by atoms with Crippen molar-refractivity contribution in [2.45, 2.75) is 0 Å². The lowest BCUT2D eigenvalue weighted by atomic mass is 10.2. The molecule has 0 radical (unpaired) electrons. The third kappa shape index (κ3) is 3.24. The zero-order valence-corrected chi connectivity index (χ0v) is 11.0. The Bertz CT molecular complexity index is 753. The lowest BCUT2D eigenvalue weighted by Crippen LogP contribution is -2.16. The van der Waals surface area contributed by atoms with E-state index < -0.39 is 16.4 Å². The number of methoxy groups -OCH3 is 1. The summed E-state index contributed by atoms with van der Waals surface area (Å²) in [6.07, 6.45) is 1.34. The number of benzene rings is 1. The number of aromatic amines is 1. The summed E-state index contributed by atoms with van der Waals surface area (Å²) in [7, 11) is 1.38. The van der Waals surface area contributed by atoms with Crippen LogP contribution in [0.5, 0.6) is 5.75 Å². The predicted molar refractivity (Wildman–Crippen MR) is 74.7 cm³/mol. The molecule has 0 aliphatic heterocycles. The molecule has 1 aromatic carbocycles. The van der Waals surface area contributed by atoms with Crippen molar-refractivity contribution in [1.82, 2.24) is 4.98 Å². The first kappa shape index (κ1) is 14.3. The number of ether oxygens (including phenoxy) is 1. The van der Waals surface area contributed by atoms with Gasteiger partial charge in [0.25, 0.3) is 11.6 Å². The second kappa shape index (κ2) is 5.87. The van der Waals surface area contributed by atoms with Gasteiger partial charge in [-0.05, 0) is 12.1 Å². The number of anilines is 1. The predicted octanol–water partition coefficient (Wildman–Crippen LogP) is 1.54. The number of amides is 1. The standard InChI is InChI=1S/C13H11N3O5/c1-21-11-3-2-9(16(19)20)7-10(11)15-13(18)8-4-5-14-12(17)6-8/h2-7H,1H3,(H,14,17)(H,15,18). The number of nitro groups is 1. The maximum absolute atomic E-state index is 12.0. The smallest absolute Gasteiger partial charge is 0.271 e. The van der Waals surface area contributed by atoms with Crippen LogP contribution >= 0.6 is 0 Å². The van der Waals surface area contributed by atoms with Gasteiger partial charge in [-0.25, -0.2) is 0 Å². The molecule has 8 nitrogen and oxygen atoms in total. The van der Waals surface area contributed by atoms with E-state index in [1.165, 1.54) is 37.6 Å². The monoisotopic (exact) mass is 289 g/mol. The van der Waals surface area contributed by atoms with Crippen molar-refractivity contribution in [3.63, 3.8) is 0 Å². The summed E-state index contributed by atoms with van der Waals surface area (Å²) in [5.74, 6) is -0.293. The summed E-state index contributed by atoms with van der Waals surface area (Å²) >= 11 is 0. The number of hydrogen-bond acceptors (Lipinski definition) is 5. The Morgan fingerprint density at radius 3 is 2.71 bits per heavy atom. The van der Waals surface area contributed by atoms with Crippen LogP contribution in [0.3, 0.4) is 0 Å². The summed E-state index contributed by atoms with van der Waals surface area (Å²) in [5.41, 5.74) is -0.324. The first-order chi connectivity index (χ1) is 10.0. The molecule has 8 heteroatoms. The molecule has 0 fully saturated rings. The summed E-state index contributed by atoms with van der Waals surface area (Å²) in [6.45, 7) is 0. The van der Waals surface area contributed by atoms with E-state index in [1.807, 2.05) is 0 Å². The van der Waals surface area contributed by atoms with Gasteiger partial charge in [0.05, 0.1) is 17.7 Å². The number of H-pyrrole nitrogens is 1. The Morgan fingerprint density at radius 1 is 1.33 bits per heavy atom. The molecule has 1 amide bonds. The minimum absolute atomic E-state index is 0.132. The van der Waals surface area contributed by atoms with Crippen LogP contribution in [-0.4, -0.2) is 22.9 Å². The molecule has 2 N–H and O–H groups in total. The minimum atomic E-state index is -0.581. The van der Waals surface area contributed by atoms with Crippen LogP contribution in [0.4, 0.5) is 11.4 Å². The zero-order chi connectivity index (χ0) is 15.4. The number of carbonyl (C=O) groups excluding carboxylic acids is 1. The van der Waals surface area contributed by atoms with Gasteiger partial charge in [-0.1, -0.05) is 0 Å². The largest absolute Gasteiger partial charge is 0.495 e. The van der Waals surface area contributed by atoms with Crippen LogP contribution in [0.2, 0.25) is 0 Å². The Morgan fingerprint density at radius 2 is 2.10 bits per heavy atom. The second-order valence-corrected chi connectivity index (χ2v) is 4.04. The van der Waals surface area contributed by atoms with Gasteiger partial charge in [0, 0.05) is 30.0 Å². The van der Waals surface area contributed by atoms with E-state index in [-0.39, 0.29) is 22.7 Å². The van der Waals surface area contributed by atoms with Crippen LogP contribution < -0.4 is 15.6 Å². The van der Waals surface area contributed by atoms with Gasteiger partial charge >= 0.3 is 0 Å². The molecule has 1 aromatic heterocycles. The molecule has 0 unspecified atom stereocenters. The van der Waals surface area contributed by atoms with Crippen molar-refractivity contribution in [3.05, 3.63) is 62.6 Å². The first-order valence-electron chi connectivity index (χ1n) is 5.84. The molecule has 0 bridgehead atoms. The molecule has 21 heavy (non-hydrogen) atoms. The summed E-state index contributed by atoms with van der Waals surface area (Å²) in [5, 5.41) is 13.2. The average Bonchev–Trinajstić information content (AvgIpc) is 2.47. The number of nitrogens with one attached hydrogen (secondary N) is 2. The lowest BCUT2D eigenvalue weighted by Gasteiger charge is -2.09. The molecule has 108 valence electrons. The highest BCUT2D eigenvalue weighted by Crippen LogP contribution is 2.29. The molecular weight excluding hydrogens is 278 g/mol. The zero-order valence-electron chi connectivity index (χ0n) is 11.0. The molecule has 0 aliphatic carbocycles. The topological polar surface area (TPSA) is 114 Å². The normalized spacial score (nSPS) is 9.95. The molecular formula is C13H11N3O5. The molecule has 0 saturated heterocycles. The highest BCUT2D eigenvalue weighted by atomic mass is 16.6. The molecule has 1 heterocycles. The number of rotatable bonds is 4. The number of nitro benzene ring substituents is 1. The maximum atomic E-state index is 12.0. The Kier molecular flexibility index (Phi) is 3.98. The van der Waals surface area contributed by atoms with E-state index >= 15 is 0 Å². The van der Waals surface area contributed by atoms with E-state index in [4.69, 9.17) is 4.74 Å². The Labute approximate surface area is 118 Å².